The predicted octanol–water partition coefficient (Wildman–Crippen LogP) is 12.3. The first-order chi connectivity index (χ1) is 23.0. The molecule has 0 aliphatic heterocycles. The van der Waals surface area contributed by atoms with E-state index in [9.17, 15) is 14.4 Å². The number of hydrogen-bond acceptors (Lipinski definition) is 6. The highest BCUT2D eigenvalue weighted by Gasteiger charge is 2.18. The molecule has 0 rings (SSSR count). The van der Waals surface area contributed by atoms with Crippen molar-refractivity contribution in [3.8, 4) is 0 Å². The molecule has 1 atom stereocenters. The molecule has 0 saturated carbocycles. The summed E-state index contributed by atoms with van der Waals surface area (Å²) in [6.07, 6.45) is 39.4. The van der Waals surface area contributed by atoms with Crippen LogP contribution < -0.4 is 0 Å². The minimum absolute atomic E-state index is 0.0804. The number of ether oxygens (including phenoxy) is 3. The van der Waals surface area contributed by atoms with E-state index < -0.39 is 12.1 Å². The van der Waals surface area contributed by atoms with E-state index in [0.29, 0.717) is 12.8 Å². The van der Waals surface area contributed by atoms with Gasteiger partial charge in [0.25, 0.3) is 0 Å². The first kappa shape index (κ1) is 45.2. The van der Waals surface area contributed by atoms with E-state index in [4.69, 9.17) is 14.2 Å². The molecular formula is C41H76O6. The molecule has 0 N–H and O–H groups in total. The van der Waals surface area contributed by atoms with Crippen LogP contribution in [0.1, 0.15) is 213 Å². The second kappa shape index (κ2) is 37.0. The third-order valence-corrected chi connectivity index (χ3v) is 8.83. The average molecular weight is 665 g/mol. The van der Waals surface area contributed by atoms with Crippen molar-refractivity contribution in [2.75, 3.05) is 13.2 Å². The van der Waals surface area contributed by atoms with Gasteiger partial charge >= 0.3 is 17.9 Å². The minimum atomic E-state index is -0.764. The van der Waals surface area contributed by atoms with E-state index >= 15 is 0 Å². The second-order valence-corrected chi connectivity index (χ2v) is 13.6. The molecule has 6 heteroatoms. The molecule has 0 unspecified atom stereocenters. The lowest BCUT2D eigenvalue weighted by Gasteiger charge is -2.17. The maximum absolute atomic E-state index is 12.4. The van der Waals surface area contributed by atoms with Crippen molar-refractivity contribution >= 4 is 17.9 Å². The fourth-order valence-corrected chi connectivity index (χ4v) is 5.81. The number of carbonyl (C=O) groups excluding carboxylic acids is 3. The van der Waals surface area contributed by atoms with Gasteiger partial charge in [0.2, 0.25) is 0 Å². The first-order valence-corrected chi connectivity index (χ1v) is 20.1. The molecule has 0 aromatic rings. The van der Waals surface area contributed by atoms with Crippen molar-refractivity contribution in [2.24, 2.45) is 0 Å². The van der Waals surface area contributed by atoms with E-state index in [0.717, 1.165) is 44.9 Å². The zero-order chi connectivity index (χ0) is 34.5. The molecule has 0 spiro atoms. The van der Waals surface area contributed by atoms with Crippen LogP contribution in [0.25, 0.3) is 0 Å². The summed E-state index contributed by atoms with van der Waals surface area (Å²) in [4.78, 5) is 35.9. The van der Waals surface area contributed by atoms with Gasteiger partial charge in [0.05, 0.1) is 0 Å². The molecule has 276 valence electrons. The first-order valence-electron chi connectivity index (χ1n) is 20.1. The molecule has 6 nitrogen and oxygen atoms in total. The lowest BCUT2D eigenvalue weighted by molar-refractivity contribution is -0.166. The zero-order valence-corrected chi connectivity index (χ0v) is 31.3. The van der Waals surface area contributed by atoms with Gasteiger partial charge in [-0.05, 0) is 38.5 Å². The summed E-state index contributed by atoms with van der Waals surface area (Å²) in [5.74, 6) is -1.08. The van der Waals surface area contributed by atoms with Gasteiger partial charge in [0, 0.05) is 19.8 Å². The maximum atomic E-state index is 12.4. The highest BCUT2D eigenvalue weighted by molar-refractivity contribution is 5.70. The minimum Gasteiger partial charge on any atom is -0.462 e. The molecule has 0 bridgehead atoms. The molecule has 0 aliphatic rings. The second-order valence-electron chi connectivity index (χ2n) is 13.6. The van der Waals surface area contributed by atoms with E-state index in [1.807, 2.05) is 0 Å². The third kappa shape index (κ3) is 36.8. The molecular weight excluding hydrogens is 588 g/mol. The van der Waals surface area contributed by atoms with Crippen molar-refractivity contribution in [2.45, 2.75) is 219 Å². The fraction of sp³-hybridized carbons (Fsp3) is 0.878. The molecule has 0 heterocycles. The highest BCUT2D eigenvalue weighted by Crippen LogP contribution is 2.15. The molecule has 0 saturated heterocycles. The summed E-state index contributed by atoms with van der Waals surface area (Å²) < 4.78 is 15.9. The average Bonchev–Trinajstić information content (AvgIpc) is 3.05. The van der Waals surface area contributed by atoms with Crippen molar-refractivity contribution in [1.82, 2.24) is 0 Å². The quantitative estimate of drug-likeness (QED) is 0.0287. The maximum Gasteiger partial charge on any atom is 0.306 e. The van der Waals surface area contributed by atoms with Crippen LogP contribution in [0.2, 0.25) is 0 Å². The Morgan fingerprint density at radius 1 is 0.447 bits per heavy atom. The Kier molecular flexibility index (Phi) is 35.5. The van der Waals surface area contributed by atoms with Crippen LogP contribution in [0.3, 0.4) is 0 Å². The standard InChI is InChI=1S/C41H76O6/c1-4-6-8-10-12-14-16-18-20-22-24-26-28-30-32-34-40(43)46-37-39(36-45-38(3)42)47-41(44)35-33-31-29-27-25-23-21-19-17-15-13-11-9-7-5-2/h19,21,39H,4-18,20,22-37H2,1-3H3/b21-19-/t39-/m1/s1. The number of hydrogen-bond donors (Lipinski definition) is 0. The molecule has 47 heavy (non-hydrogen) atoms. The van der Waals surface area contributed by atoms with E-state index in [-0.39, 0.29) is 25.2 Å². The van der Waals surface area contributed by atoms with Gasteiger partial charge in [0.1, 0.15) is 13.2 Å². The smallest absolute Gasteiger partial charge is 0.306 e. The van der Waals surface area contributed by atoms with Crippen LogP contribution in [0, 0.1) is 0 Å². The summed E-state index contributed by atoms with van der Waals surface area (Å²) in [7, 11) is 0. The molecule has 0 fully saturated rings. The molecule has 0 radical (unpaired) electrons. The Morgan fingerprint density at radius 3 is 1.19 bits per heavy atom. The van der Waals surface area contributed by atoms with E-state index in [2.05, 4.69) is 26.0 Å². The Morgan fingerprint density at radius 2 is 0.787 bits per heavy atom. The topological polar surface area (TPSA) is 78.9 Å². The van der Waals surface area contributed by atoms with Crippen LogP contribution in [0.4, 0.5) is 0 Å². The van der Waals surface area contributed by atoms with Crippen LogP contribution in [0.5, 0.6) is 0 Å². The summed E-state index contributed by atoms with van der Waals surface area (Å²) >= 11 is 0. The lowest BCUT2D eigenvalue weighted by Crippen LogP contribution is -2.30. The number of allylic oxidation sites excluding steroid dienone is 2. The van der Waals surface area contributed by atoms with Crippen LogP contribution in [-0.4, -0.2) is 37.2 Å². The lowest BCUT2D eigenvalue weighted by atomic mass is 10.0. The number of esters is 3. The summed E-state index contributed by atoms with van der Waals surface area (Å²) in [5.41, 5.74) is 0. The molecule has 0 aromatic heterocycles. The van der Waals surface area contributed by atoms with Crippen molar-refractivity contribution in [1.29, 1.82) is 0 Å². The van der Waals surface area contributed by atoms with Crippen LogP contribution in [-0.2, 0) is 28.6 Å². The molecule has 0 amide bonds. The number of unbranched alkanes of at least 4 members (excludes halogenated alkanes) is 25. The highest BCUT2D eigenvalue weighted by atomic mass is 16.6. The van der Waals surface area contributed by atoms with Crippen molar-refractivity contribution in [3.05, 3.63) is 12.2 Å². The normalized spacial score (nSPS) is 12.0. The fourth-order valence-electron chi connectivity index (χ4n) is 5.81. The summed E-state index contributed by atoms with van der Waals surface area (Å²) in [6.45, 7) is 5.66. The van der Waals surface area contributed by atoms with Gasteiger partial charge in [-0.1, -0.05) is 167 Å². The van der Waals surface area contributed by atoms with Crippen molar-refractivity contribution < 1.29 is 28.6 Å². The Hall–Kier alpha value is -1.85. The van der Waals surface area contributed by atoms with Gasteiger partial charge in [-0.25, -0.2) is 0 Å². The van der Waals surface area contributed by atoms with Gasteiger partial charge in [-0.15, -0.1) is 0 Å². The van der Waals surface area contributed by atoms with Gasteiger partial charge < -0.3 is 14.2 Å². The number of carbonyl (C=O) groups is 3. The third-order valence-electron chi connectivity index (χ3n) is 8.83. The molecule has 0 aromatic carbocycles. The summed E-state index contributed by atoms with van der Waals surface area (Å²) in [6, 6.07) is 0. The van der Waals surface area contributed by atoms with Crippen molar-refractivity contribution in [3.63, 3.8) is 0 Å². The van der Waals surface area contributed by atoms with E-state index in [1.54, 1.807) is 0 Å². The zero-order valence-electron chi connectivity index (χ0n) is 31.3. The molecule has 0 aliphatic carbocycles. The number of rotatable bonds is 36. The van der Waals surface area contributed by atoms with Gasteiger partial charge in [-0.2, -0.15) is 0 Å². The van der Waals surface area contributed by atoms with Crippen LogP contribution in [0.15, 0.2) is 12.2 Å². The van der Waals surface area contributed by atoms with Gasteiger partial charge in [-0.3, -0.25) is 14.4 Å². The van der Waals surface area contributed by atoms with E-state index in [1.165, 1.54) is 142 Å². The summed E-state index contributed by atoms with van der Waals surface area (Å²) in [5, 5.41) is 0. The largest absolute Gasteiger partial charge is 0.462 e. The monoisotopic (exact) mass is 665 g/mol. The predicted molar refractivity (Wildman–Crippen MR) is 196 cm³/mol. The Bertz CT molecular complexity index is 733. The Balaban J connectivity index is 3.83. The Labute approximate surface area is 290 Å². The SMILES string of the molecule is CCCCCCCC/C=C\CCCCCCCC(=O)O[C@H](COC(C)=O)COC(=O)CCCCCCCCCCCCCCCCC. The van der Waals surface area contributed by atoms with Gasteiger partial charge in [0.15, 0.2) is 6.10 Å². The van der Waals surface area contributed by atoms with Crippen LogP contribution >= 0.6 is 0 Å².